The summed E-state index contributed by atoms with van der Waals surface area (Å²) in [5.74, 6) is -2.12. The molecule has 0 saturated heterocycles. The van der Waals surface area contributed by atoms with Crippen LogP contribution in [0.3, 0.4) is 0 Å². The highest BCUT2D eigenvalue weighted by Gasteiger charge is 2.27. The molecule has 0 spiro atoms. The average Bonchev–Trinajstić information content (AvgIpc) is 3.08. The van der Waals surface area contributed by atoms with Crippen LogP contribution in [0.2, 0.25) is 0 Å². The Hall–Kier alpha value is -2.94. The number of Topliss-reactive ketones (excluding diaryl/α,β-unsaturated/α-hetero) is 1. The van der Waals surface area contributed by atoms with E-state index >= 15 is 0 Å². The number of carbonyl (C=O) groups excluding carboxylic acids is 2. The van der Waals surface area contributed by atoms with Crippen LogP contribution in [0.5, 0.6) is 0 Å². The minimum absolute atomic E-state index is 0.253. The van der Waals surface area contributed by atoms with E-state index in [1.54, 1.807) is 53.6 Å². The molecule has 1 atom stereocenters. The van der Waals surface area contributed by atoms with Crippen molar-refractivity contribution in [2.45, 2.75) is 13.8 Å². The lowest BCUT2D eigenvalue weighted by Crippen LogP contribution is -2.36. The SMILES string of the molecule is CC(C)CNC(=O)C(C#N)C(=O)c1ccc(-n2ccnc2)cc1. The van der Waals surface area contributed by atoms with Crippen LogP contribution in [0.1, 0.15) is 24.2 Å². The quantitative estimate of drug-likeness (QED) is 0.652. The molecule has 0 fully saturated rings. The summed E-state index contributed by atoms with van der Waals surface area (Å²) in [7, 11) is 0. The van der Waals surface area contributed by atoms with Crippen LogP contribution in [0.15, 0.2) is 43.0 Å². The summed E-state index contributed by atoms with van der Waals surface area (Å²) in [6.45, 7) is 4.32. The molecule has 2 aromatic rings. The van der Waals surface area contributed by atoms with E-state index in [1.165, 1.54) is 0 Å². The molecule has 0 radical (unpaired) electrons. The number of benzene rings is 1. The second kappa shape index (κ2) is 7.36. The summed E-state index contributed by atoms with van der Waals surface area (Å²) in [5, 5.41) is 11.8. The van der Waals surface area contributed by atoms with Crippen LogP contribution in [-0.2, 0) is 4.79 Å². The molecule has 1 unspecified atom stereocenters. The summed E-state index contributed by atoms with van der Waals surface area (Å²) < 4.78 is 1.80. The highest BCUT2D eigenvalue weighted by molar-refractivity contribution is 6.12. The predicted octanol–water partition coefficient (Wildman–Crippen LogP) is 1.97. The maximum atomic E-state index is 12.4. The summed E-state index contributed by atoms with van der Waals surface area (Å²) in [6.07, 6.45) is 5.09. The first-order chi connectivity index (χ1) is 11.0. The van der Waals surface area contributed by atoms with Gasteiger partial charge in [-0.1, -0.05) is 13.8 Å². The van der Waals surface area contributed by atoms with Crippen molar-refractivity contribution in [1.29, 1.82) is 5.26 Å². The van der Waals surface area contributed by atoms with Crippen molar-refractivity contribution in [2.75, 3.05) is 6.54 Å². The molecule has 1 aromatic carbocycles. The van der Waals surface area contributed by atoms with Crippen LogP contribution >= 0.6 is 0 Å². The molecule has 1 heterocycles. The van der Waals surface area contributed by atoms with Crippen molar-refractivity contribution >= 4 is 11.7 Å². The van der Waals surface area contributed by atoms with Crippen LogP contribution in [0.4, 0.5) is 0 Å². The van der Waals surface area contributed by atoms with Gasteiger partial charge in [-0.2, -0.15) is 5.26 Å². The van der Waals surface area contributed by atoms with Gasteiger partial charge >= 0.3 is 0 Å². The smallest absolute Gasteiger partial charge is 0.245 e. The number of nitriles is 1. The first-order valence-electron chi connectivity index (χ1n) is 7.33. The van der Waals surface area contributed by atoms with Gasteiger partial charge < -0.3 is 9.88 Å². The van der Waals surface area contributed by atoms with Crippen molar-refractivity contribution in [2.24, 2.45) is 11.8 Å². The summed E-state index contributed by atoms with van der Waals surface area (Å²) >= 11 is 0. The Morgan fingerprint density at radius 1 is 1.30 bits per heavy atom. The zero-order chi connectivity index (χ0) is 16.8. The molecule has 0 aliphatic rings. The molecule has 0 aliphatic heterocycles. The van der Waals surface area contributed by atoms with Crippen LogP contribution in [0.25, 0.3) is 5.69 Å². The Bertz CT molecular complexity index is 712. The molecule has 6 heteroatoms. The topological polar surface area (TPSA) is 87.8 Å². The van der Waals surface area contributed by atoms with Gasteiger partial charge in [0.25, 0.3) is 0 Å². The van der Waals surface area contributed by atoms with Crippen molar-refractivity contribution < 1.29 is 9.59 Å². The van der Waals surface area contributed by atoms with E-state index in [0.717, 1.165) is 5.69 Å². The third-order valence-corrected chi connectivity index (χ3v) is 3.29. The number of aromatic nitrogens is 2. The maximum Gasteiger partial charge on any atom is 0.245 e. The zero-order valence-corrected chi connectivity index (χ0v) is 13.1. The van der Waals surface area contributed by atoms with Gasteiger partial charge in [-0.25, -0.2) is 4.98 Å². The molecule has 1 N–H and O–H groups in total. The maximum absolute atomic E-state index is 12.4. The Balaban J connectivity index is 2.12. The van der Waals surface area contributed by atoms with Crippen LogP contribution in [0, 0.1) is 23.2 Å². The number of ketones is 1. The fourth-order valence-electron chi connectivity index (χ4n) is 2.02. The molecule has 0 bridgehead atoms. The van der Waals surface area contributed by atoms with Gasteiger partial charge in [0.05, 0.1) is 12.4 Å². The lowest BCUT2D eigenvalue weighted by molar-refractivity contribution is -0.122. The highest BCUT2D eigenvalue weighted by atomic mass is 16.2. The molecule has 0 aliphatic carbocycles. The predicted molar refractivity (Wildman–Crippen MR) is 84.8 cm³/mol. The number of hydrogen-bond donors (Lipinski definition) is 1. The standard InChI is InChI=1S/C17H18N4O2/c1-12(2)10-20-17(23)15(9-18)16(22)13-3-5-14(6-4-13)21-8-7-19-11-21/h3-8,11-12,15H,10H2,1-2H3,(H,20,23). The van der Waals surface area contributed by atoms with E-state index in [2.05, 4.69) is 10.3 Å². The summed E-state index contributed by atoms with van der Waals surface area (Å²) in [5.41, 5.74) is 1.18. The van der Waals surface area contributed by atoms with Crippen molar-refractivity contribution in [1.82, 2.24) is 14.9 Å². The van der Waals surface area contributed by atoms with E-state index in [1.807, 2.05) is 13.8 Å². The summed E-state index contributed by atoms with van der Waals surface area (Å²) in [4.78, 5) is 28.3. The molecule has 1 amide bonds. The molecular weight excluding hydrogens is 292 g/mol. The number of carbonyl (C=O) groups is 2. The van der Waals surface area contributed by atoms with Crippen LogP contribution in [-0.4, -0.2) is 27.8 Å². The van der Waals surface area contributed by atoms with E-state index in [4.69, 9.17) is 5.26 Å². The normalized spacial score (nSPS) is 11.7. The van der Waals surface area contributed by atoms with Crippen molar-refractivity contribution in [3.8, 4) is 11.8 Å². The third-order valence-electron chi connectivity index (χ3n) is 3.29. The second-order valence-corrected chi connectivity index (χ2v) is 5.58. The second-order valence-electron chi connectivity index (χ2n) is 5.58. The van der Waals surface area contributed by atoms with Crippen molar-refractivity contribution in [3.63, 3.8) is 0 Å². The zero-order valence-electron chi connectivity index (χ0n) is 13.1. The lowest BCUT2D eigenvalue weighted by Gasteiger charge is -2.11. The molecule has 1 aromatic heterocycles. The number of amides is 1. The van der Waals surface area contributed by atoms with Gasteiger partial charge in [-0.15, -0.1) is 0 Å². The Kier molecular flexibility index (Phi) is 5.26. The number of rotatable bonds is 6. The average molecular weight is 310 g/mol. The molecule has 6 nitrogen and oxygen atoms in total. The molecular formula is C17H18N4O2. The number of imidazole rings is 1. The Morgan fingerprint density at radius 3 is 2.52 bits per heavy atom. The van der Waals surface area contributed by atoms with E-state index in [-0.39, 0.29) is 5.92 Å². The lowest BCUT2D eigenvalue weighted by atomic mass is 9.97. The number of nitrogens with one attached hydrogen (secondary N) is 1. The van der Waals surface area contributed by atoms with Gasteiger partial charge in [0.2, 0.25) is 5.91 Å². The van der Waals surface area contributed by atoms with Crippen LogP contribution < -0.4 is 5.32 Å². The number of nitrogens with zero attached hydrogens (tertiary/aromatic N) is 3. The van der Waals surface area contributed by atoms with E-state index in [9.17, 15) is 9.59 Å². The highest BCUT2D eigenvalue weighted by Crippen LogP contribution is 2.13. The van der Waals surface area contributed by atoms with Gasteiger partial charge in [0.15, 0.2) is 11.7 Å². The first-order valence-corrected chi connectivity index (χ1v) is 7.33. The minimum Gasteiger partial charge on any atom is -0.354 e. The Morgan fingerprint density at radius 2 is 2.00 bits per heavy atom. The fraction of sp³-hybridized carbons (Fsp3) is 0.294. The largest absolute Gasteiger partial charge is 0.354 e. The third kappa shape index (κ3) is 4.04. The molecule has 23 heavy (non-hydrogen) atoms. The Labute approximate surface area is 134 Å². The van der Waals surface area contributed by atoms with E-state index < -0.39 is 17.6 Å². The van der Waals surface area contributed by atoms with Gasteiger partial charge in [0, 0.05) is 30.2 Å². The van der Waals surface area contributed by atoms with Gasteiger partial charge in [0.1, 0.15) is 0 Å². The van der Waals surface area contributed by atoms with Crippen molar-refractivity contribution in [3.05, 3.63) is 48.5 Å². The first kappa shape index (κ1) is 16.4. The molecule has 0 saturated carbocycles. The molecule has 2 rings (SSSR count). The van der Waals surface area contributed by atoms with Gasteiger partial charge in [-0.3, -0.25) is 9.59 Å². The number of hydrogen-bond acceptors (Lipinski definition) is 4. The van der Waals surface area contributed by atoms with Gasteiger partial charge in [-0.05, 0) is 30.2 Å². The molecule has 118 valence electrons. The fourth-order valence-corrected chi connectivity index (χ4v) is 2.02. The van der Waals surface area contributed by atoms with E-state index in [0.29, 0.717) is 12.1 Å². The minimum atomic E-state index is -1.33. The summed E-state index contributed by atoms with van der Waals surface area (Å²) in [6, 6.07) is 8.50. The monoisotopic (exact) mass is 310 g/mol.